The van der Waals surface area contributed by atoms with Gasteiger partial charge in [-0.25, -0.2) is 9.97 Å². The number of anilines is 2. The number of nitrogens with two attached hydrogens (primary N) is 1. The van der Waals surface area contributed by atoms with Crippen LogP contribution in [-0.4, -0.2) is 27.8 Å². The molecule has 0 spiro atoms. The number of fused-ring (bicyclic) bond motifs is 1. The van der Waals surface area contributed by atoms with E-state index < -0.39 is 29.6 Å². The molecule has 11 heteroatoms. The number of rotatable bonds is 6. The fourth-order valence-electron chi connectivity index (χ4n) is 3.10. The van der Waals surface area contributed by atoms with E-state index in [0.717, 1.165) is 29.7 Å². The zero-order chi connectivity index (χ0) is 24.5. The molecule has 1 atom stereocenters. The summed E-state index contributed by atoms with van der Waals surface area (Å²) in [5.74, 6) is -0.957. The largest absolute Gasteiger partial charge is 0.464 e. The number of nitrogens with one attached hydrogen (secondary N) is 2. The molecule has 0 radical (unpaired) electrons. The molecule has 0 aliphatic heterocycles. The predicted octanol–water partition coefficient (Wildman–Crippen LogP) is 4.45. The molecule has 2 amide bonds. The van der Waals surface area contributed by atoms with E-state index in [-0.39, 0.29) is 23.0 Å². The van der Waals surface area contributed by atoms with Gasteiger partial charge >= 0.3 is 6.18 Å². The van der Waals surface area contributed by atoms with Crippen LogP contribution >= 0.6 is 0 Å². The summed E-state index contributed by atoms with van der Waals surface area (Å²) in [7, 11) is 0. The fraction of sp³-hybridized carbons (Fsp3) is 0.130. The average molecular weight is 469 g/mol. The maximum Gasteiger partial charge on any atom is 0.416 e. The highest BCUT2D eigenvalue weighted by Crippen LogP contribution is 2.30. The third-order valence-corrected chi connectivity index (χ3v) is 4.93. The Labute approximate surface area is 191 Å². The summed E-state index contributed by atoms with van der Waals surface area (Å²) in [6.07, 6.45) is -2.96. The lowest BCUT2D eigenvalue weighted by atomic mass is 10.1. The highest BCUT2D eigenvalue weighted by Gasteiger charge is 2.30. The smallest absolute Gasteiger partial charge is 0.416 e. The van der Waals surface area contributed by atoms with Gasteiger partial charge < -0.3 is 20.8 Å². The lowest BCUT2D eigenvalue weighted by Gasteiger charge is -2.14. The molecule has 0 saturated heterocycles. The Morgan fingerprint density at radius 2 is 1.76 bits per heavy atom. The number of furan rings is 1. The Balaban J connectivity index is 1.67. The number of aromatic nitrogens is 2. The molecule has 2 heterocycles. The molecule has 174 valence electrons. The van der Waals surface area contributed by atoms with Gasteiger partial charge in [0.25, 0.3) is 5.91 Å². The van der Waals surface area contributed by atoms with Crippen LogP contribution in [0.3, 0.4) is 0 Å². The van der Waals surface area contributed by atoms with Crippen molar-refractivity contribution in [3.8, 4) is 11.4 Å². The second-order valence-corrected chi connectivity index (χ2v) is 7.43. The monoisotopic (exact) mass is 469 g/mol. The van der Waals surface area contributed by atoms with Gasteiger partial charge in [0.15, 0.2) is 5.82 Å². The Kier molecular flexibility index (Phi) is 5.93. The van der Waals surface area contributed by atoms with Gasteiger partial charge in [0.05, 0.1) is 11.8 Å². The Hall–Kier alpha value is -4.41. The molecule has 4 N–H and O–H groups in total. The van der Waals surface area contributed by atoms with Gasteiger partial charge in [-0.15, -0.1) is 0 Å². The first-order chi connectivity index (χ1) is 16.1. The van der Waals surface area contributed by atoms with Crippen LogP contribution in [0.2, 0.25) is 0 Å². The molecule has 8 nitrogen and oxygen atoms in total. The molecule has 0 aliphatic carbocycles. The Bertz CT molecular complexity index is 1370. The summed E-state index contributed by atoms with van der Waals surface area (Å²) in [6, 6.07) is 11.5. The van der Waals surface area contributed by atoms with Gasteiger partial charge in [-0.3, -0.25) is 9.59 Å². The van der Waals surface area contributed by atoms with Gasteiger partial charge in [0.1, 0.15) is 23.1 Å². The topological polar surface area (TPSA) is 123 Å². The van der Waals surface area contributed by atoms with Crippen molar-refractivity contribution in [3.63, 3.8) is 0 Å². The van der Waals surface area contributed by atoms with Crippen molar-refractivity contribution >= 4 is 34.3 Å². The van der Waals surface area contributed by atoms with Crippen LogP contribution in [0.1, 0.15) is 23.0 Å². The molecule has 0 saturated carbocycles. The fourth-order valence-corrected chi connectivity index (χ4v) is 3.10. The van der Waals surface area contributed by atoms with Gasteiger partial charge in [-0.2, -0.15) is 13.2 Å². The van der Waals surface area contributed by atoms with E-state index in [1.54, 1.807) is 24.3 Å². The standard InChI is InChI=1S/C23H18F3N5O3/c1-12(20(27)32)28-19-11-17(22(33)29-16-5-3-15(4-6-16)23(24,25)26)30-21(31-19)14-2-7-18-13(10-14)8-9-34-18/h2-12H,1H3,(H2,27,32)(H,29,33)(H,28,30,31)/t12-/m0/s1. The molecule has 2 aromatic carbocycles. The zero-order valence-corrected chi connectivity index (χ0v) is 17.7. The summed E-state index contributed by atoms with van der Waals surface area (Å²) < 4.78 is 43.7. The molecular formula is C23H18F3N5O3. The number of nitrogens with zero attached hydrogens (tertiary/aromatic N) is 2. The number of benzene rings is 2. The van der Waals surface area contributed by atoms with E-state index >= 15 is 0 Å². The van der Waals surface area contributed by atoms with Gasteiger partial charge in [-0.1, -0.05) is 0 Å². The third-order valence-electron chi connectivity index (χ3n) is 4.93. The summed E-state index contributed by atoms with van der Waals surface area (Å²) in [5, 5.41) is 6.12. The highest BCUT2D eigenvalue weighted by molar-refractivity contribution is 6.03. The van der Waals surface area contributed by atoms with Gasteiger partial charge in [0.2, 0.25) is 5.91 Å². The number of carbonyl (C=O) groups is 2. The summed E-state index contributed by atoms with van der Waals surface area (Å²) in [6.45, 7) is 1.53. The summed E-state index contributed by atoms with van der Waals surface area (Å²) >= 11 is 0. The number of hydrogen-bond acceptors (Lipinski definition) is 6. The minimum Gasteiger partial charge on any atom is -0.464 e. The van der Waals surface area contributed by atoms with Crippen molar-refractivity contribution in [2.75, 3.05) is 10.6 Å². The zero-order valence-electron chi connectivity index (χ0n) is 17.7. The van der Waals surface area contributed by atoms with E-state index in [1.807, 2.05) is 0 Å². The molecule has 0 aliphatic rings. The average Bonchev–Trinajstić information content (AvgIpc) is 3.26. The second-order valence-electron chi connectivity index (χ2n) is 7.43. The number of halogens is 3. The van der Waals surface area contributed by atoms with E-state index in [0.29, 0.717) is 11.1 Å². The predicted molar refractivity (Wildman–Crippen MR) is 119 cm³/mol. The minimum atomic E-state index is -4.49. The number of alkyl halides is 3. The van der Waals surface area contributed by atoms with E-state index in [1.165, 1.54) is 19.3 Å². The van der Waals surface area contributed by atoms with Crippen LogP contribution in [0.15, 0.2) is 65.3 Å². The van der Waals surface area contributed by atoms with Crippen LogP contribution in [0.25, 0.3) is 22.4 Å². The Morgan fingerprint density at radius 3 is 2.44 bits per heavy atom. The molecule has 4 aromatic rings. The molecule has 34 heavy (non-hydrogen) atoms. The first-order valence-corrected chi connectivity index (χ1v) is 10.0. The SMILES string of the molecule is C[C@H](Nc1cc(C(=O)Nc2ccc(C(F)(F)F)cc2)nc(-c2ccc3occc3c2)n1)C(N)=O. The first kappa shape index (κ1) is 22.8. The molecule has 0 unspecified atom stereocenters. The number of primary amides is 1. The van der Waals surface area contributed by atoms with Gasteiger partial charge in [-0.05, 0) is 55.5 Å². The van der Waals surface area contributed by atoms with Crippen molar-refractivity contribution in [3.05, 3.63) is 72.1 Å². The van der Waals surface area contributed by atoms with E-state index in [4.69, 9.17) is 10.2 Å². The van der Waals surface area contributed by atoms with Crippen LogP contribution in [0, 0.1) is 0 Å². The molecule has 4 rings (SSSR count). The lowest BCUT2D eigenvalue weighted by molar-refractivity contribution is -0.137. The highest BCUT2D eigenvalue weighted by atomic mass is 19.4. The molecule has 0 bridgehead atoms. The Morgan fingerprint density at radius 1 is 1.03 bits per heavy atom. The third kappa shape index (κ3) is 4.98. The molecular weight excluding hydrogens is 451 g/mol. The summed E-state index contributed by atoms with van der Waals surface area (Å²) in [5.41, 5.74) is 5.78. The van der Waals surface area contributed by atoms with Crippen molar-refractivity contribution < 1.29 is 27.2 Å². The van der Waals surface area contributed by atoms with Crippen LogP contribution in [0.4, 0.5) is 24.7 Å². The maximum absolute atomic E-state index is 12.9. The van der Waals surface area contributed by atoms with Crippen molar-refractivity contribution in [2.45, 2.75) is 19.1 Å². The second kappa shape index (κ2) is 8.85. The van der Waals surface area contributed by atoms with Crippen molar-refractivity contribution in [1.29, 1.82) is 0 Å². The lowest BCUT2D eigenvalue weighted by Crippen LogP contribution is -2.33. The number of hydrogen-bond donors (Lipinski definition) is 3. The normalized spacial score (nSPS) is 12.4. The van der Waals surface area contributed by atoms with Crippen molar-refractivity contribution in [2.24, 2.45) is 5.73 Å². The maximum atomic E-state index is 12.9. The molecule has 2 aromatic heterocycles. The van der Waals surface area contributed by atoms with E-state index in [2.05, 4.69) is 20.6 Å². The van der Waals surface area contributed by atoms with Gasteiger partial charge in [0, 0.05) is 22.7 Å². The number of amides is 2. The first-order valence-electron chi connectivity index (χ1n) is 10.0. The quantitative estimate of drug-likeness (QED) is 0.384. The molecule has 0 fully saturated rings. The van der Waals surface area contributed by atoms with Crippen molar-refractivity contribution in [1.82, 2.24) is 9.97 Å². The van der Waals surface area contributed by atoms with Crippen LogP contribution in [0.5, 0.6) is 0 Å². The van der Waals surface area contributed by atoms with Crippen LogP contribution in [-0.2, 0) is 11.0 Å². The van der Waals surface area contributed by atoms with Crippen LogP contribution < -0.4 is 16.4 Å². The number of carbonyl (C=O) groups excluding carboxylic acids is 2. The van der Waals surface area contributed by atoms with E-state index in [9.17, 15) is 22.8 Å². The summed E-state index contributed by atoms with van der Waals surface area (Å²) in [4.78, 5) is 33.0. The minimum absolute atomic E-state index is 0.0728.